The smallest absolute Gasteiger partial charge is 0.235 e. The molecular formula is C23H17N3O3. The number of benzene rings is 2. The highest BCUT2D eigenvalue weighted by molar-refractivity contribution is 6.23. The van der Waals surface area contributed by atoms with Crippen LogP contribution in [0.2, 0.25) is 0 Å². The highest BCUT2D eigenvalue weighted by Gasteiger charge is 2.69. The Morgan fingerprint density at radius 1 is 1.00 bits per heavy atom. The molecule has 6 rings (SSSR count). The zero-order valence-electron chi connectivity index (χ0n) is 15.6. The number of ketones is 1. The van der Waals surface area contributed by atoms with Gasteiger partial charge < -0.3 is 0 Å². The summed E-state index contributed by atoms with van der Waals surface area (Å²) < 4.78 is 0. The number of carbonyl (C=O) groups is 3. The molecule has 4 atom stereocenters. The third-order valence-electron chi connectivity index (χ3n) is 6.76. The van der Waals surface area contributed by atoms with E-state index in [1.54, 1.807) is 18.5 Å². The number of hydrogen-bond acceptors (Lipinski definition) is 5. The second-order valence-corrected chi connectivity index (χ2v) is 7.99. The first-order chi connectivity index (χ1) is 14.1. The fourth-order valence-electron chi connectivity index (χ4n) is 5.55. The maximum atomic E-state index is 13.8. The third-order valence-corrected chi connectivity index (χ3v) is 6.76. The summed E-state index contributed by atoms with van der Waals surface area (Å²) in [7, 11) is 1.50. The minimum absolute atomic E-state index is 0.137. The molecule has 2 saturated heterocycles. The molecule has 29 heavy (non-hydrogen) atoms. The van der Waals surface area contributed by atoms with Crippen LogP contribution in [0.4, 0.5) is 0 Å². The number of nitrogens with one attached hydrogen (secondary N) is 1. The van der Waals surface area contributed by atoms with Crippen molar-refractivity contribution in [2.75, 3.05) is 7.05 Å². The van der Waals surface area contributed by atoms with Crippen LogP contribution < -0.4 is 5.32 Å². The van der Waals surface area contributed by atoms with E-state index in [1.807, 2.05) is 42.5 Å². The van der Waals surface area contributed by atoms with Gasteiger partial charge in [-0.25, -0.2) is 0 Å². The summed E-state index contributed by atoms with van der Waals surface area (Å²) in [6.07, 6.45) is 3.35. The minimum Gasteiger partial charge on any atom is -0.292 e. The van der Waals surface area contributed by atoms with Gasteiger partial charge in [0.1, 0.15) is 5.54 Å². The second-order valence-electron chi connectivity index (χ2n) is 7.99. The molecule has 1 spiro atoms. The summed E-state index contributed by atoms with van der Waals surface area (Å²) in [5.41, 5.74) is 0.942. The van der Waals surface area contributed by atoms with Crippen LogP contribution in [0, 0.1) is 11.8 Å². The van der Waals surface area contributed by atoms with Crippen LogP contribution >= 0.6 is 0 Å². The van der Waals surface area contributed by atoms with E-state index in [0.29, 0.717) is 5.56 Å². The molecule has 3 aliphatic rings. The van der Waals surface area contributed by atoms with Gasteiger partial charge in [0.15, 0.2) is 5.78 Å². The van der Waals surface area contributed by atoms with Gasteiger partial charge in [-0.15, -0.1) is 0 Å². The van der Waals surface area contributed by atoms with Crippen LogP contribution in [-0.4, -0.2) is 34.5 Å². The average molecular weight is 383 g/mol. The molecule has 2 aromatic carbocycles. The van der Waals surface area contributed by atoms with Crippen molar-refractivity contribution in [1.29, 1.82) is 0 Å². The SMILES string of the molecule is CN1C(=O)[C@H]2[C@@H](C1=O)[C@@]1(N[C@H]2c2cccnc2)C(=O)c2cccc3cccc1c23. The lowest BCUT2D eigenvalue weighted by Crippen LogP contribution is -2.50. The van der Waals surface area contributed by atoms with E-state index >= 15 is 0 Å². The molecule has 1 aromatic heterocycles. The standard InChI is InChI=1S/C23H17N3O3/c1-26-21(28)17-18(22(26)29)23(25-19(17)13-7-4-10-24-11-13)15-9-3-6-12-5-2-8-14(16(12)15)20(23)27/h2-11,17-19,25H,1H3/t17-,18-,19-,23+/m0/s1. The first-order valence-corrected chi connectivity index (χ1v) is 9.62. The predicted molar refractivity (Wildman–Crippen MR) is 105 cm³/mol. The first-order valence-electron chi connectivity index (χ1n) is 9.62. The molecule has 0 bridgehead atoms. The lowest BCUT2D eigenvalue weighted by Gasteiger charge is -2.30. The Labute approximate surface area is 166 Å². The molecular weight excluding hydrogens is 366 g/mol. The van der Waals surface area contributed by atoms with Crippen molar-refractivity contribution in [2.24, 2.45) is 11.8 Å². The first kappa shape index (κ1) is 16.6. The van der Waals surface area contributed by atoms with Crippen molar-refractivity contribution in [3.8, 4) is 0 Å². The molecule has 6 heteroatoms. The van der Waals surface area contributed by atoms with Crippen LogP contribution in [0.1, 0.15) is 27.5 Å². The molecule has 0 saturated carbocycles. The van der Waals surface area contributed by atoms with Crippen LogP contribution in [-0.2, 0) is 15.1 Å². The molecule has 0 radical (unpaired) electrons. The Kier molecular flexibility index (Phi) is 3.06. The van der Waals surface area contributed by atoms with Crippen molar-refractivity contribution in [1.82, 2.24) is 15.2 Å². The third kappa shape index (κ3) is 1.80. The van der Waals surface area contributed by atoms with E-state index in [9.17, 15) is 14.4 Å². The number of Topliss-reactive ketones (excluding diaryl/α,β-unsaturated/α-hetero) is 1. The largest absolute Gasteiger partial charge is 0.292 e. The predicted octanol–water partition coefficient (Wildman–Crippen LogP) is 2.20. The Morgan fingerprint density at radius 3 is 2.55 bits per heavy atom. The molecule has 1 aliphatic carbocycles. The molecule has 6 nitrogen and oxygen atoms in total. The van der Waals surface area contributed by atoms with Gasteiger partial charge >= 0.3 is 0 Å². The minimum atomic E-state index is -1.24. The van der Waals surface area contributed by atoms with Crippen LogP contribution in [0.25, 0.3) is 10.8 Å². The topological polar surface area (TPSA) is 79.4 Å². The fraction of sp³-hybridized carbons (Fsp3) is 0.217. The Bertz CT molecular complexity index is 1230. The number of hydrogen-bond donors (Lipinski definition) is 1. The van der Waals surface area contributed by atoms with Gasteiger partial charge in [0.2, 0.25) is 11.8 Å². The van der Waals surface area contributed by atoms with E-state index in [4.69, 9.17) is 0 Å². The lowest BCUT2D eigenvalue weighted by molar-refractivity contribution is -0.139. The quantitative estimate of drug-likeness (QED) is 0.652. The van der Waals surface area contributed by atoms with Gasteiger partial charge in [-0.05, 0) is 28.0 Å². The Balaban J connectivity index is 1.65. The number of likely N-dealkylation sites (tertiary alicyclic amines) is 1. The summed E-state index contributed by atoms with van der Waals surface area (Å²) in [6, 6.07) is 14.6. The molecule has 3 aromatic rings. The van der Waals surface area contributed by atoms with Gasteiger partial charge in [0.05, 0.1) is 11.8 Å². The molecule has 142 valence electrons. The van der Waals surface area contributed by atoms with Crippen molar-refractivity contribution < 1.29 is 14.4 Å². The number of imide groups is 1. The number of aromatic nitrogens is 1. The molecule has 3 heterocycles. The highest BCUT2D eigenvalue weighted by atomic mass is 16.2. The fourth-order valence-corrected chi connectivity index (χ4v) is 5.55. The number of nitrogens with zero attached hydrogens (tertiary/aromatic N) is 2. The Morgan fingerprint density at radius 2 is 1.79 bits per heavy atom. The van der Waals surface area contributed by atoms with Crippen LogP contribution in [0.15, 0.2) is 60.9 Å². The molecule has 2 aliphatic heterocycles. The van der Waals surface area contributed by atoms with Crippen molar-refractivity contribution in [3.05, 3.63) is 77.6 Å². The summed E-state index contributed by atoms with van der Waals surface area (Å²) in [5, 5.41) is 5.29. The zero-order chi connectivity index (χ0) is 19.9. The van der Waals surface area contributed by atoms with Crippen LogP contribution in [0.5, 0.6) is 0 Å². The van der Waals surface area contributed by atoms with Gasteiger partial charge in [0.25, 0.3) is 0 Å². The van der Waals surface area contributed by atoms with Gasteiger partial charge in [-0.2, -0.15) is 0 Å². The monoisotopic (exact) mass is 383 g/mol. The normalized spacial score (nSPS) is 30.0. The number of pyridine rings is 1. The molecule has 0 unspecified atom stereocenters. The maximum Gasteiger partial charge on any atom is 0.235 e. The van der Waals surface area contributed by atoms with Crippen molar-refractivity contribution in [2.45, 2.75) is 11.6 Å². The summed E-state index contributed by atoms with van der Waals surface area (Å²) >= 11 is 0. The summed E-state index contributed by atoms with van der Waals surface area (Å²) in [6.45, 7) is 0. The van der Waals surface area contributed by atoms with Gasteiger partial charge in [0, 0.05) is 31.0 Å². The lowest BCUT2D eigenvalue weighted by atomic mass is 9.75. The number of amides is 2. The maximum absolute atomic E-state index is 13.8. The van der Waals surface area contributed by atoms with E-state index in [0.717, 1.165) is 21.9 Å². The summed E-state index contributed by atoms with van der Waals surface area (Å²) in [4.78, 5) is 45.5. The van der Waals surface area contributed by atoms with Gasteiger partial charge in [-0.3, -0.25) is 29.6 Å². The zero-order valence-corrected chi connectivity index (χ0v) is 15.6. The van der Waals surface area contributed by atoms with Crippen LogP contribution in [0.3, 0.4) is 0 Å². The van der Waals surface area contributed by atoms with E-state index < -0.39 is 23.4 Å². The van der Waals surface area contributed by atoms with Crippen molar-refractivity contribution >= 4 is 28.4 Å². The Hall–Kier alpha value is -3.38. The highest BCUT2D eigenvalue weighted by Crippen LogP contribution is 2.57. The second kappa shape index (κ2) is 5.36. The molecule has 2 amide bonds. The number of fused-ring (bicyclic) bond motifs is 3. The number of carbonyl (C=O) groups excluding carboxylic acids is 3. The average Bonchev–Trinajstić information content (AvgIpc) is 3.32. The van der Waals surface area contributed by atoms with E-state index in [1.165, 1.54) is 11.9 Å². The van der Waals surface area contributed by atoms with E-state index in [-0.39, 0.29) is 17.6 Å². The van der Waals surface area contributed by atoms with E-state index in [2.05, 4.69) is 10.3 Å². The summed E-state index contributed by atoms with van der Waals surface area (Å²) in [5.74, 6) is -2.13. The van der Waals surface area contributed by atoms with Gasteiger partial charge in [-0.1, -0.05) is 42.5 Å². The van der Waals surface area contributed by atoms with Crippen molar-refractivity contribution in [3.63, 3.8) is 0 Å². The molecule has 1 N–H and O–H groups in total. The number of rotatable bonds is 1. The molecule has 2 fully saturated rings.